The van der Waals surface area contributed by atoms with Crippen molar-refractivity contribution in [1.29, 1.82) is 0 Å². The Kier molecular flexibility index (Phi) is 5.74. The van der Waals surface area contributed by atoms with Gasteiger partial charge in [-0.15, -0.1) is 11.3 Å². The van der Waals surface area contributed by atoms with Crippen LogP contribution in [0.25, 0.3) is 11.1 Å². The van der Waals surface area contributed by atoms with Gasteiger partial charge in [0, 0.05) is 21.7 Å². The number of aryl methyl sites for hydroxylation is 2. The lowest BCUT2D eigenvalue weighted by Gasteiger charge is -2.57. The molecule has 2 aliphatic rings. The van der Waals surface area contributed by atoms with Crippen LogP contribution in [-0.4, -0.2) is 17.7 Å². The summed E-state index contributed by atoms with van der Waals surface area (Å²) >= 11 is 1.72. The second-order valence-corrected chi connectivity index (χ2v) is 11.5. The summed E-state index contributed by atoms with van der Waals surface area (Å²) in [7, 11) is 0. The summed E-state index contributed by atoms with van der Waals surface area (Å²) in [6, 6.07) is 19.3. The Morgan fingerprint density at radius 1 is 0.909 bits per heavy atom. The maximum Gasteiger partial charge on any atom is 0.252 e. The van der Waals surface area contributed by atoms with E-state index in [9.17, 15) is 9.59 Å². The van der Waals surface area contributed by atoms with Crippen LogP contribution < -0.4 is 5.32 Å². The number of thiophene rings is 1. The van der Waals surface area contributed by atoms with Crippen molar-refractivity contribution < 1.29 is 9.59 Å². The van der Waals surface area contributed by atoms with Crippen LogP contribution in [-0.2, 0) is 11.2 Å². The summed E-state index contributed by atoms with van der Waals surface area (Å²) < 4.78 is 0. The Balaban J connectivity index is 1.26. The van der Waals surface area contributed by atoms with Gasteiger partial charge in [0.15, 0.2) is 0 Å². The van der Waals surface area contributed by atoms with Crippen LogP contribution in [0.5, 0.6) is 0 Å². The van der Waals surface area contributed by atoms with Crippen LogP contribution in [0.15, 0.2) is 54.6 Å². The first-order valence-corrected chi connectivity index (χ1v) is 12.7. The first-order chi connectivity index (χ1) is 15.8. The van der Waals surface area contributed by atoms with Crippen molar-refractivity contribution in [2.24, 2.45) is 11.3 Å². The zero-order valence-corrected chi connectivity index (χ0v) is 20.4. The molecular formula is C29H31NO2S. The van der Waals surface area contributed by atoms with Crippen LogP contribution in [0.1, 0.15) is 63.8 Å². The van der Waals surface area contributed by atoms with Gasteiger partial charge in [0.05, 0.1) is 5.56 Å². The normalized spacial score (nSPS) is 23.6. The number of hydrogen-bond donors (Lipinski definition) is 1. The summed E-state index contributed by atoms with van der Waals surface area (Å²) in [4.78, 5) is 27.1. The van der Waals surface area contributed by atoms with Gasteiger partial charge in [-0.25, -0.2) is 0 Å². The van der Waals surface area contributed by atoms with E-state index in [0.717, 1.165) is 48.1 Å². The molecule has 3 aromatic rings. The molecule has 170 valence electrons. The molecule has 2 aromatic carbocycles. The highest BCUT2D eigenvalue weighted by molar-refractivity contribution is 7.12. The molecule has 1 amide bonds. The monoisotopic (exact) mass is 457 g/mol. The Morgan fingerprint density at radius 3 is 2.18 bits per heavy atom. The number of Topliss-reactive ketones (excluding diaryl/α,β-unsaturated/α-hetero) is 1. The molecule has 1 N–H and O–H groups in total. The molecule has 1 heterocycles. The zero-order chi connectivity index (χ0) is 23.2. The molecule has 3 nitrogen and oxygen atoms in total. The fourth-order valence-electron chi connectivity index (χ4n) is 5.84. The summed E-state index contributed by atoms with van der Waals surface area (Å²) in [5.41, 5.74) is 5.97. The van der Waals surface area contributed by atoms with Gasteiger partial charge < -0.3 is 5.32 Å². The number of amides is 1. The highest BCUT2D eigenvalue weighted by Gasteiger charge is 2.54. The smallest absolute Gasteiger partial charge is 0.252 e. The van der Waals surface area contributed by atoms with Crippen LogP contribution >= 0.6 is 11.3 Å². The molecule has 0 unspecified atom stereocenters. The van der Waals surface area contributed by atoms with E-state index in [1.807, 2.05) is 6.07 Å². The molecule has 2 aliphatic carbocycles. The van der Waals surface area contributed by atoms with Crippen molar-refractivity contribution in [2.75, 3.05) is 0 Å². The van der Waals surface area contributed by atoms with Crippen molar-refractivity contribution in [3.8, 4) is 11.1 Å². The van der Waals surface area contributed by atoms with Gasteiger partial charge in [0.1, 0.15) is 5.78 Å². The third-order valence-electron chi connectivity index (χ3n) is 7.68. The van der Waals surface area contributed by atoms with Gasteiger partial charge >= 0.3 is 0 Å². The van der Waals surface area contributed by atoms with E-state index in [4.69, 9.17) is 0 Å². The van der Waals surface area contributed by atoms with E-state index < -0.39 is 0 Å². The fourth-order valence-corrected chi connectivity index (χ4v) is 6.92. The van der Waals surface area contributed by atoms with Crippen molar-refractivity contribution in [1.82, 2.24) is 5.32 Å². The van der Waals surface area contributed by atoms with Gasteiger partial charge in [-0.3, -0.25) is 9.59 Å². The predicted octanol–water partition coefficient (Wildman–Crippen LogP) is 6.50. The van der Waals surface area contributed by atoms with E-state index in [-0.39, 0.29) is 17.9 Å². The molecule has 0 radical (unpaired) electrons. The molecule has 2 fully saturated rings. The average Bonchev–Trinajstić information content (AvgIpc) is 3.02. The van der Waals surface area contributed by atoms with Crippen LogP contribution in [0, 0.1) is 25.2 Å². The molecule has 1 aromatic heterocycles. The van der Waals surface area contributed by atoms with Crippen molar-refractivity contribution in [2.45, 2.75) is 58.9 Å². The van der Waals surface area contributed by atoms with Gasteiger partial charge in [-0.2, -0.15) is 0 Å². The van der Waals surface area contributed by atoms with Crippen molar-refractivity contribution >= 4 is 23.0 Å². The maximum atomic E-state index is 13.3. The minimum atomic E-state index is 0.0649. The molecule has 5 rings (SSSR count). The van der Waals surface area contributed by atoms with E-state index in [2.05, 4.69) is 67.7 Å². The lowest BCUT2D eigenvalue weighted by atomic mass is 9.49. The number of benzene rings is 2. The summed E-state index contributed by atoms with van der Waals surface area (Å²) in [6.45, 7) is 5.88. The minimum absolute atomic E-state index is 0.0649. The van der Waals surface area contributed by atoms with Gasteiger partial charge in [-0.05, 0) is 80.5 Å². The largest absolute Gasteiger partial charge is 0.349 e. The second kappa shape index (κ2) is 8.57. The predicted molar refractivity (Wildman–Crippen MR) is 135 cm³/mol. The number of ketones is 1. The first-order valence-electron chi connectivity index (χ1n) is 11.9. The highest BCUT2D eigenvalue weighted by Crippen LogP contribution is 2.58. The molecule has 0 bridgehead atoms. The molecular weight excluding hydrogens is 426 g/mol. The Morgan fingerprint density at radius 2 is 1.55 bits per heavy atom. The van der Waals surface area contributed by atoms with Crippen LogP contribution in [0.4, 0.5) is 0 Å². The first kappa shape index (κ1) is 22.1. The SMILES string of the molecule is CC(=O)C1CC2(CC(NC(=O)c3c(C)sc(C)c3Cc3ccc(-c4ccccc4)cc3)C2)C1. The average molecular weight is 458 g/mol. The zero-order valence-electron chi connectivity index (χ0n) is 19.6. The standard InChI is InChI=1S/C29H31NO2S/c1-18(31)24-14-29(15-24)16-25(17-29)30-28(32)27-20(3)33-19(2)26(27)13-21-9-11-23(12-10-21)22-7-5-4-6-8-22/h4-12,24-25H,13-17H2,1-3H3,(H,30,32). The Bertz CT molecular complexity index is 1180. The van der Waals surface area contributed by atoms with Gasteiger partial charge in [-0.1, -0.05) is 54.6 Å². The molecule has 4 heteroatoms. The molecule has 2 saturated carbocycles. The number of nitrogens with one attached hydrogen (secondary N) is 1. The molecule has 33 heavy (non-hydrogen) atoms. The quantitative estimate of drug-likeness (QED) is 0.459. The molecule has 1 spiro atoms. The summed E-state index contributed by atoms with van der Waals surface area (Å²) in [6.07, 6.45) is 4.82. The summed E-state index contributed by atoms with van der Waals surface area (Å²) in [5, 5.41) is 3.29. The Labute approximate surface area is 200 Å². The number of hydrogen-bond acceptors (Lipinski definition) is 3. The molecule has 0 saturated heterocycles. The van der Waals surface area contributed by atoms with E-state index in [1.165, 1.54) is 21.6 Å². The lowest BCUT2D eigenvalue weighted by Crippen LogP contribution is -2.57. The third-order valence-corrected chi connectivity index (χ3v) is 8.74. The van der Waals surface area contributed by atoms with E-state index in [0.29, 0.717) is 11.2 Å². The van der Waals surface area contributed by atoms with E-state index >= 15 is 0 Å². The number of carbonyl (C=O) groups excluding carboxylic acids is 2. The fraction of sp³-hybridized carbons (Fsp3) is 0.379. The third kappa shape index (κ3) is 4.29. The van der Waals surface area contributed by atoms with Crippen molar-refractivity contribution in [3.63, 3.8) is 0 Å². The number of rotatable bonds is 6. The van der Waals surface area contributed by atoms with Crippen LogP contribution in [0.2, 0.25) is 0 Å². The summed E-state index contributed by atoms with van der Waals surface area (Å²) in [5.74, 6) is 0.636. The molecule has 0 aliphatic heterocycles. The van der Waals surface area contributed by atoms with Crippen molar-refractivity contribution in [3.05, 3.63) is 81.0 Å². The molecule has 0 atom stereocenters. The Hall–Kier alpha value is -2.72. The van der Waals surface area contributed by atoms with Crippen LogP contribution in [0.3, 0.4) is 0 Å². The van der Waals surface area contributed by atoms with Gasteiger partial charge in [0.25, 0.3) is 5.91 Å². The topological polar surface area (TPSA) is 46.2 Å². The van der Waals surface area contributed by atoms with Gasteiger partial charge in [0.2, 0.25) is 0 Å². The minimum Gasteiger partial charge on any atom is -0.349 e. The van der Waals surface area contributed by atoms with E-state index in [1.54, 1.807) is 18.3 Å². The number of carbonyl (C=O) groups is 2. The highest BCUT2D eigenvalue weighted by atomic mass is 32.1. The second-order valence-electron chi connectivity index (χ2n) is 10.1. The lowest BCUT2D eigenvalue weighted by molar-refractivity contribution is -0.134. The maximum absolute atomic E-state index is 13.3.